The van der Waals surface area contributed by atoms with E-state index in [0.717, 1.165) is 65.2 Å². The number of halogens is 1. The van der Waals surface area contributed by atoms with Gasteiger partial charge >= 0.3 is 0 Å². The van der Waals surface area contributed by atoms with E-state index in [0.29, 0.717) is 29.5 Å². The maximum absolute atomic E-state index is 6.47. The summed E-state index contributed by atoms with van der Waals surface area (Å²) in [6.45, 7) is 5.20. The lowest BCUT2D eigenvalue weighted by atomic mass is 9.90. The molecule has 2 aromatic heterocycles. The van der Waals surface area contributed by atoms with Crippen molar-refractivity contribution in [2.45, 2.75) is 43.8 Å². The first-order valence-corrected chi connectivity index (χ1v) is 14.6. The number of likely N-dealkylation sites (N-methyl/N-ethyl adjacent to an activating group) is 1. The molecule has 10 heteroatoms. The molecule has 7 rings (SSSR count). The van der Waals surface area contributed by atoms with Crippen LogP contribution in [0.15, 0.2) is 48.8 Å². The molecule has 3 aliphatic rings. The zero-order valence-corrected chi connectivity index (χ0v) is 23.5. The lowest BCUT2D eigenvalue weighted by Gasteiger charge is -2.41. The van der Waals surface area contributed by atoms with Gasteiger partial charge in [0.15, 0.2) is 5.65 Å². The number of anilines is 2. The lowest BCUT2D eigenvalue weighted by molar-refractivity contribution is 0.0815. The quantitative estimate of drug-likeness (QED) is 0.353. The molecule has 1 saturated carbocycles. The number of benzene rings is 2. The topological polar surface area (TPSA) is 97.4 Å². The lowest BCUT2D eigenvalue weighted by Crippen LogP contribution is -2.49. The van der Waals surface area contributed by atoms with Gasteiger partial charge in [-0.15, -0.1) is 0 Å². The van der Waals surface area contributed by atoms with Crippen LogP contribution in [0.4, 0.5) is 11.5 Å². The van der Waals surface area contributed by atoms with Gasteiger partial charge in [0.25, 0.3) is 0 Å². The maximum Gasteiger partial charge on any atom is 0.164 e. The van der Waals surface area contributed by atoms with Gasteiger partial charge in [-0.3, -0.25) is 4.90 Å². The predicted octanol–water partition coefficient (Wildman–Crippen LogP) is 5.01. The summed E-state index contributed by atoms with van der Waals surface area (Å²) in [6, 6.07) is 15.0. The summed E-state index contributed by atoms with van der Waals surface area (Å²) in [5.41, 5.74) is 11.0. The summed E-state index contributed by atoms with van der Waals surface area (Å²) >= 11 is 6.47. The average Bonchev–Trinajstić information content (AvgIpc) is 3.58. The Morgan fingerprint density at radius 2 is 1.70 bits per heavy atom. The van der Waals surface area contributed by atoms with Gasteiger partial charge in [0, 0.05) is 54.1 Å². The van der Waals surface area contributed by atoms with E-state index in [1.807, 2.05) is 18.2 Å². The van der Waals surface area contributed by atoms with E-state index < -0.39 is 0 Å². The number of nitrogens with zero attached hydrogens (tertiary/aromatic N) is 6. The van der Waals surface area contributed by atoms with Crippen molar-refractivity contribution in [1.82, 2.24) is 29.5 Å². The number of aromatic nitrogens is 4. The Kier molecular flexibility index (Phi) is 6.73. The van der Waals surface area contributed by atoms with Crippen LogP contribution in [-0.2, 0) is 0 Å². The van der Waals surface area contributed by atoms with Crippen molar-refractivity contribution >= 4 is 34.1 Å². The minimum Gasteiger partial charge on any atom is -0.491 e. The van der Waals surface area contributed by atoms with Crippen LogP contribution >= 0.6 is 11.6 Å². The molecule has 4 heterocycles. The van der Waals surface area contributed by atoms with Gasteiger partial charge in [-0.25, -0.2) is 14.6 Å². The molecular formula is C30H35ClN8O. The molecule has 9 nitrogen and oxygen atoms in total. The summed E-state index contributed by atoms with van der Waals surface area (Å²) < 4.78 is 7.95. The number of nitrogens with one attached hydrogen (secondary N) is 1. The van der Waals surface area contributed by atoms with E-state index in [2.05, 4.69) is 61.1 Å². The molecule has 1 atom stereocenters. The van der Waals surface area contributed by atoms with Gasteiger partial charge in [-0.2, -0.15) is 5.10 Å². The Morgan fingerprint density at radius 1 is 0.950 bits per heavy atom. The number of ether oxygens (including phenoxy) is 1. The highest BCUT2D eigenvalue weighted by Gasteiger charge is 2.31. The van der Waals surface area contributed by atoms with Crippen LogP contribution in [0.25, 0.3) is 22.3 Å². The number of nitrogens with two attached hydrogens (primary N) is 1. The summed E-state index contributed by atoms with van der Waals surface area (Å²) in [7, 11) is 2.21. The fraction of sp³-hybridized carbons (Fsp3) is 0.433. The molecule has 0 amide bonds. The van der Waals surface area contributed by atoms with Gasteiger partial charge in [0.05, 0.1) is 17.5 Å². The number of nitrogen functional groups attached to an aromatic ring is 1. The first kappa shape index (κ1) is 25.6. The third-order valence-electron chi connectivity index (χ3n) is 8.85. The highest BCUT2D eigenvalue weighted by atomic mass is 35.5. The average molecular weight is 559 g/mol. The van der Waals surface area contributed by atoms with Crippen molar-refractivity contribution in [3.05, 3.63) is 59.4 Å². The Bertz CT molecular complexity index is 1510. The highest BCUT2D eigenvalue weighted by molar-refractivity contribution is 6.31. The fourth-order valence-corrected chi connectivity index (χ4v) is 6.88. The third-order valence-corrected chi connectivity index (χ3v) is 9.18. The highest BCUT2D eigenvalue weighted by Crippen LogP contribution is 2.40. The van der Waals surface area contributed by atoms with E-state index in [4.69, 9.17) is 27.2 Å². The first-order valence-electron chi connectivity index (χ1n) is 14.2. The van der Waals surface area contributed by atoms with Crippen LogP contribution < -0.4 is 15.8 Å². The normalized spacial score (nSPS) is 23.7. The van der Waals surface area contributed by atoms with Crippen LogP contribution in [0, 0.1) is 0 Å². The van der Waals surface area contributed by atoms with Crippen molar-refractivity contribution in [2.75, 3.05) is 50.9 Å². The monoisotopic (exact) mass is 558 g/mol. The molecule has 2 fully saturated rings. The molecule has 1 saturated heterocycles. The second-order valence-electron chi connectivity index (χ2n) is 11.3. The van der Waals surface area contributed by atoms with Crippen LogP contribution in [-0.4, -0.2) is 75.4 Å². The summed E-state index contributed by atoms with van der Waals surface area (Å²) in [6.07, 6.45) is 6.10. The summed E-state index contributed by atoms with van der Waals surface area (Å²) in [5.74, 6) is 1.31. The second-order valence-corrected chi connectivity index (χ2v) is 11.7. The number of hydrogen-bond acceptors (Lipinski definition) is 8. The molecule has 1 unspecified atom stereocenters. The Balaban J connectivity index is 1.11. The number of piperazine rings is 1. The van der Waals surface area contributed by atoms with E-state index in [-0.39, 0.29) is 6.04 Å². The van der Waals surface area contributed by atoms with Gasteiger partial charge in [-0.05, 0) is 57.0 Å². The molecule has 1 aliphatic carbocycles. The summed E-state index contributed by atoms with van der Waals surface area (Å²) in [4.78, 5) is 14.1. The zero-order valence-electron chi connectivity index (χ0n) is 22.8. The minimum absolute atomic E-state index is 0.000364. The standard InChI is InChI=1S/C30H35ClN8O/c1-37-13-15-38(16-14-37)21-9-11-22(12-10-21)39-30-27(29(32)33-18-34-30)28(36-39)19-5-7-20(8-6-19)35-24-17-40-25-4-2-3-23(31)26(24)25/h2-8,18,21-22,24,35H,9-17H2,1H3,(H2,32,33,34). The van der Waals surface area contributed by atoms with Crippen molar-refractivity contribution in [3.8, 4) is 17.0 Å². The smallest absolute Gasteiger partial charge is 0.164 e. The molecule has 208 valence electrons. The first-order chi connectivity index (χ1) is 19.5. The minimum atomic E-state index is -0.000364. The van der Waals surface area contributed by atoms with Crippen molar-refractivity contribution in [1.29, 1.82) is 0 Å². The van der Waals surface area contributed by atoms with Crippen molar-refractivity contribution in [3.63, 3.8) is 0 Å². The number of rotatable bonds is 5. The molecule has 40 heavy (non-hydrogen) atoms. The number of hydrogen-bond donors (Lipinski definition) is 2. The van der Waals surface area contributed by atoms with Gasteiger partial charge < -0.3 is 20.7 Å². The predicted molar refractivity (Wildman–Crippen MR) is 159 cm³/mol. The third kappa shape index (κ3) is 4.66. The second kappa shape index (κ2) is 10.5. The van der Waals surface area contributed by atoms with Crippen LogP contribution in [0.3, 0.4) is 0 Å². The molecular weight excluding hydrogens is 524 g/mol. The molecule has 4 aromatic rings. The van der Waals surface area contributed by atoms with E-state index >= 15 is 0 Å². The van der Waals surface area contributed by atoms with Crippen molar-refractivity contribution < 1.29 is 4.74 Å². The van der Waals surface area contributed by atoms with Gasteiger partial charge in [0.1, 0.15) is 30.2 Å². The molecule has 0 bridgehead atoms. The Hall–Kier alpha value is -3.40. The molecule has 3 N–H and O–H groups in total. The Labute approximate surface area is 239 Å². The zero-order chi connectivity index (χ0) is 27.2. The van der Waals surface area contributed by atoms with Gasteiger partial charge in [0.2, 0.25) is 0 Å². The van der Waals surface area contributed by atoms with E-state index in [9.17, 15) is 0 Å². The molecule has 2 aromatic carbocycles. The SMILES string of the molecule is CN1CCN(C2CCC(n3nc(-c4ccc(NC5COc6cccc(Cl)c65)cc4)c4c(N)ncnc43)CC2)CC1. The van der Waals surface area contributed by atoms with Crippen molar-refractivity contribution in [2.24, 2.45) is 0 Å². The Morgan fingerprint density at radius 3 is 2.48 bits per heavy atom. The molecule has 0 radical (unpaired) electrons. The van der Waals surface area contributed by atoms with Gasteiger partial charge in [-0.1, -0.05) is 29.8 Å². The van der Waals surface area contributed by atoms with E-state index in [1.54, 1.807) is 6.33 Å². The fourth-order valence-electron chi connectivity index (χ4n) is 6.58. The number of fused-ring (bicyclic) bond motifs is 2. The molecule has 0 spiro atoms. The van der Waals surface area contributed by atoms with Crippen LogP contribution in [0.1, 0.15) is 43.3 Å². The molecule has 2 aliphatic heterocycles. The van der Waals surface area contributed by atoms with Crippen LogP contribution in [0.2, 0.25) is 5.02 Å². The maximum atomic E-state index is 6.47. The largest absolute Gasteiger partial charge is 0.491 e. The van der Waals surface area contributed by atoms with E-state index in [1.165, 1.54) is 25.9 Å². The summed E-state index contributed by atoms with van der Waals surface area (Å²) in [5, 5.41) is 10.2. The van der Waals surface area contributed by atoms with Crippen LogP contribution in [0.5, 0.6) is 5.75 Å².